The zero-order chi connectivity index (χ0) is 34.7. The first-order chi connectivity index (χ1) is 26.3. The van der Waals surface area contributed by atoms with E-state index in [4.69, 9.17) is 4.42 Å². The van der Waals surface area contributed by atoms with Gasteiger partial charge in [0.05, 0.1) is 16.5 Å². The third-order valence-electron chi connectivity index (χ3n) is 11.8. The molecule has 246 valence electrons. The van der Waals surface area contributed by atoms with Crippen molar-refractivity contribution in [1.29, 1.82) is 0 Å². The lowest BCUT2D eigenvalue weighted by atomic mass is 9.70. The Bertz CT molecular complexity index is 3090. The van der Waals surface area contributed by atoms with Crippen LogP contribution in [-0.4, -0.2) is 0 Å². The molecule has 10 aromatic rings. The summed E-state index contributed by atoms with van der Waals surface area (Å²) in [5.74, 6) is 0. The fraction of sp³-hybridized carbons (Fsp3) is 0.0196. The first kappa shape index (κ1) is 28.8. The Morgan fingerprint density at radius 3 is 1.89 bits per heavy atom. The van der Waals surface area contributed by atoms with E-state index in [0.29, 0.717) is 0 Å². The number of fused-ring (bicyclic) bond motifs is 16. The SMILES string of the molecule is c1ccc(N(c2ccc3cc4c(cc3c2)C2(c3ccccc3-c3ccccc32)c2ccc3ccccc3c2-4)c2cccc3oc4ccccc4c23)cc1. The molecule has 0 atom stereocenters. The highest BCUT2D eigenvalue weighted by atomic mass is 16.3. The van der Waals surface area contributed by atoms with E-state index in [9.17, 15) is 0 Å². The Balaban J connectivity index is 1.16. The standard InChI is InChI=1S/C51H31NO/c1-2-14-35(15-3-1)52(46-22-12-24-48-50(46)40-19-8-11-23-47(40)53-48)36-27-25-33-30-41-45(31-34(33)29-36)51(44-28-26-32-13-4-5-16-37(32)49(41)44)42-20-9-6-17-38(42)39-18-7-10-21-43(39)51/h1-31H. The van der Waals surface area contributed by atoms with E-state index in [1.807, 2.05) is 6.07 Å². The number of para-hydroxylation sites is 2. The largest absolute Gasteiger partial charge is 0.456 e. The van der Waals surface area contributed by atoms with E-state index >= 15 is 0 Å². The highest BCUT2D eigenvalue weighted by Gasteiger charge is 2.52. The molecule has 1 spiro atoms. The average Bonchev–Trinajstić information content (AvgIpc) is 3.85. The molecule has 0 fully saturated rings. The maximum atomic E-state index is 6.38. The molecule has 2 aliphatic carbocycles. The minimum absolute atomic E-state index is 0.424. The van der Waals surface area contributed by atoms with Crippen molar-refractivity contribution in [3.8, 4) is 22.3 Å². The quantitative estimate of drug-likeness (QED) is 0.186. The van der Waals surface area contributed by atoms with E-state index in [1.165, 1.54) is 66.1 Å². The van der Waals surface area contributed by atoms with Crippen molar-refractivity contribution in [2.75, 3.05) is 4.90 Å². The lowest BCUT2D eigenvalue weighted by Crippen LogP contribution is -2.25. The smallest absolute Gasteiger partial charge is 0.137 e. The van der Waals surface area contributed by atoms with Gasteiger partial charge in [0.1, 0.15) is 11.2 Å². The maximum absolute atomic E-state index is 6.38. The number of hydrogen-bond donors (Lipinski definition) is 0. The second-order valence-electron chi connectivity index (χ2n) is 14.4. The van der Waals surface area contributed by atoms with Gasteiger partial charge in [-0.2, -0.15) is 0 Å². The molecule has 12 rings (SSSR count). The van der Waals surface area contributed by atoms with Gasteiger partial charge < -0.3 is 9.32 Å². The van der Waals surface area contributed by atoms with Crippen LogP contribution in [0.5, 0.6) is 0 Å². The van der Waals surface area contributed by atoms with Gasteiger partial charge >= 0.3 is 0 Å². The van der Waals surface area contributed by atoms with Gasteiger partial charge in [0.2, 0.25) is 0 Å². The van der Waals surface area contributed by atoms with Gasteiger partial charge in [0.25, 0.3) is 0 Å². The Morgan fingerprint density at radius 2 is 1.06 bits per heavy atom. The lowest BCUT2D eigenvalue weighted by Gasteiger charge is -2.31. The number of benzene rings is 9. The van der Waals surface area contributed by atoms with Crippen LogP contribution < -0.4 is 4.90 Å². The molecule has 2 aliphatic rings. The number of rotatable bonds is 3. The van der Waals surface area contributed by atoms with Gasteiger partial charge in [-0.25, -0.2) is 0 Å². The summed E-state index contributed by atoms with van der Waals surface area (Å²) >= 11 is 0. The zero-order valence-electron chi connectivity index (χ0n) is 28.8. The third kappa shape index (κ3) is 3.77. The molecule has 9 aromatic carbocycles. The van der Waals surface area contributed by atoms with Crippen molar-refractivity contribution in [3.63, 3.8) is 0 Å². The predicted molar refractivity (Wildman–Crippen MR) is 220 cm³/mol. The van der Waals surface area contributed by atoms with Crippen LogP contribution in [0.4, 0.5) is 17.1 Å². The van der Waals surface area contributed by atoms with E-state index in [-0.39, 0.29) is 0 Å². The summed E-state index contributed by atoms with van der Waals surface area (Å²) in [5, 5.41) is 7.23. The van der Waals surface area contributed by atoms with E-state index in [0.717, 1.165) is 39.0 Å². The van der Waals surface area contributed by atoms with Crippen LogP contribution in [0.1, 0.15) is 22.3 Å². The molecule has 0 unspecified atom stereocenters. The predicted octanol–water partition coefficient (Wildman–Crippen LogP) is 13.7. The molecule has 0 saturated heterocycles. The fourth-order valence-electron chi connectivity index (χ4n) is 9.72. The Labute approximate surface area is 306 Å². The minimum atomic E-state index is -0.424. The first-order valence-electron chi connectivity index (χ1n) is 18.3. The van der Waals surface area contributed by atoms with Crippen LogP contribution in [0.25, 0.3) is 65.7 Å². The van der Waals surface area contributed by atoms with Crippen LogP contribution in [0.3, 0.4) is 0 Å². The molecule has 1 heterocycles. The second kappa shape index (κ2) is 10.6. The normalized spacial score (nSPS) is 13.4. The highest BCUT2D eigenvalue weighted by Crippen LogP contribution is 2.64. The Morgan fingerprint density at radius 1 is 0.377 bits per heavy atom. The Kier molecular flexibility index (Phi) is 5.73. The van der Waals surface area contributed by atoms with E-state index < -0.39 is 5.41 Å². The first-order valence-corrected chi connectivity index (χ1v) is 18.3. The van der Waals surface area contributed by atoms with Crippen molar-refractivity contribution in [3.05, 3.63) is 210 Å². The number of furan rings is 1. The van der Waals surface area contributed by atoms with Crippen molar-refractivity contribution in [1.82, 2.24) is 0 Å². The second-order valence-corrected chi connectivity index (χ2v) is 14.4. The molecule has 53 heavy (non-hydrogen) atoms. The van der Waals surface area contributed by atoms with Gasteiger partial charge in [-0.3, -0.25) is 0 Å². The zero-order valence-corrected chi connectivity index (χ0v) is 28.8. The van der Waals surface area contributed by atoms with Crippen molar-refractivity contribution < 1.29 is 4.42 Å². The van der Waals surface area contributed by atoms with Gasteiger partial charge in [0.15, 0.2) is 0 Å². The number of nitrogens with zero attached hydrogens (tertiary/aromatic N) is 1. The number of anilines is 3. The summed E-state index contributed by atoms with van der Waals surface area (Å²) in [7, 11) is 0. The average molecular weight is 674 g/mol. The molecule has 0 saturated carbocycles. The van der Waals surface area contributed by atoms with E-state index in [2.05, 4.69) is 187 Å². The fourth-order valence-corrected chi connectivity index (χ4v) is 9.72. The third-order valence-corrected chi connectivity index (χ3v) is 11.8. The summed E-state index contributed by atoms with van der Waals surface area (Å²) in [4.78, 5) is 2.38. The molecule has 2 heteroatoms. The molecular formula is C51H31NO. The summed E-state index contributed by atoms with van der Waals surface area (Å²) < 4.78 is 6.38. The molecule has 2 nitrogen and oxygen atoms in total. The molecule has 1 aromatic heterocycles. The van der Waals surface area contributed by atoms with Crippen LogP contribution in [0.15, 0.2) is 192 Å². The van der Waals surface area contributed by atoms with Crippen molar-refractivity contribution in [2.24, 2.45) is 0 Å². The van der Waals surface area contributed by atoms with Crippen LogP contribution in [-0.2, 0) is 5.41 Å². The van der Waals surface area contributed by atoms with Gasteiger partial charge in [-0.1, -0.05) is 133 Å². The van der Waals surface area contributed by atoms with Crippen molar-refractivity contribution >= 4 is 60.5 Å². The summed E-state index contributed by atoms with van der Waals surface area (Å²) in [6.45, 7) is 0. The van der Waals surface area contributed by atoms with Crippen LogP contribution >= 0.6 is 0 Å². The van der Waals surface area contributed by atoms with Crippen LogP contribution in [0.2, 0.25) is 0 Å². The molecular weight excluding hydrogens is 643 g/mol. The van der Waals surface area contributed by atoms with Crippen LogP contribution in [0, 0.1) is 0 Å². The minimum Gasteiger partial charge on any atom is -0.456 e. The number of hydrogen-bond acceptors (Lipinski definition) is 2. The Hall–Kier alpha value is -6.90. The maximum Gasteiger partial charge on any atom is 0.137 e. The molecule has 0 N–H and O–H groups in total. The van der Waals surface area contributed by atoms with E-state index in [1.54, 1.807) is 0 Å². The topological polar surface area (TPSA) is 16.4 Å². The molecule has 0 bridgehead atoms. The summed E-state index contributed by atoms with van der Waals surface area (Å²) in [5.41, 5.74) is 15.4. The monoisotopic (exact) mass is 673 g/mol. The van der Waals surface area contributed by atoms with Crippen molar-refractivity contribution in [2.45, 2.75) is 5.41 Å². The molecule has 0 aliphatic heterocycles. The van der Waals surface area contributed by atoms with Gasteiger partial charge in [-0.05, 0) is 121 Å². The highest BCUT2D eigenvalue weighted by molar-refractivity contribution is 6.14. The molecule has 0 amide bonds. The summed E-state index contributed by atoms with van der Waals surface area (Å²) in [6, 6.07) is 69.0. The molecule has 0 radical (unpaired) electrons. The summed E-state index contributed by atoms with van der Waals surface area (Å²) in [6.07, 6.45) is 0. The lowest BCUT2D eigenvalue weighted by molar-refractivity contribution is 0.669. The van der Waals surface area contributed by atoms with Gasteiger partial charge in [-0.15, -0.1) is 0 Å². The van der Waals surface area contributed by atoms with Gasteiger partial charge in [0, 0.05) is 16.8 Å².